The molecule has 6 heteroatoms. The predicted octanol–water partition coefficient (Wildman–Crippen LogP) is 5.11. The Bertz CT molecular complexity index is 982. The van der Waals surface area contributed by atoms with E-state index in [1.807, 2.05) is 24.3 Å². The summed E-state index contributed by atoms with van der Waals surface area (Å²) in [7, 11) is 0. The maximum atomic E-state index is 13.0. The molecule has 28 heavy (non-hydrogen) atoms. The molecule has 3 aromatic rings. The molecule has 0 unspecified atom stereocenters. The van der Waals surface area contributed by atoms with E-state index >= 15 is 0 Å². The largest absolute Gasteiger partial charge is 0.337 e. The van der Waals surface area contributed by atoms with Crippen LogP contribution in [0, 0.1) is 13.8 Å². The van der Waals surface area contributed by atoms with E-state index in [1.165, 1.54) is 5.56 Å². The fraction of sp³-hybridized carbons (Fsp3) is 0.318. The maximum absolute atomic E-state index is 13.0. The fourth-order valence-corrected chi connectivity index (χ4v) is 3.68. The molecule has 1 N–H and O–H groups in total. The summed E-state index contributed by atoms with van der Waals surface area (Å²) in [5.41, 5.74) is 4.19. The molecule has 1 aromatic heterocycles. The topological polar surface area (TPSA) is 71.3 Å². The third-order valence-corrected chi connectivity index (χ3v) is 5.06. The van der Waals surface area contributed by atoms with Crippen LogP contribution in [0.25, 0.3) is 11.1 Å². The highest BCUT2D eigenvalue weighted by atomic mass is 16.5. The third-order valence-electron chi connectivity index (χ3n) is 5.06. The summed E-state index contributed by atoms with van der Waals surface area (Å²) in [4.78, 5) is 19.1. The Hall–Kier alpha value is -3.15. The van der Waals surface area contributed by atoms with Crippen LogP contribution >= 0.6 is 0 Å². The number of hydrogen-bond donors (Lipinski definition) is 1. The maximum Gasteiger partial charge on any atom is 0.322 e. The number of aryl methyl sites for hydroxylation is 2. The Labute approximate surface area is 164 Å². The number of rotatable bonds is 3. The number of carbonyl (C=O) groups excluding carboxylic acids is 1. The fourth-order valence-electron chi connectivity index (χ4n) is 3.68. The Balaban J connectivity index is 1.53. The molecule has 1 atom stereocenters. The first kappa shape index (κ1) is 18.2. The van der Waals surface area contributed by atoms with Crippen LogP contribution in [0.15, 0.2) is 53.1 Å². The zero-order valence-electron chi connectivity index (χ0n) is 16.2. The summed E-state index contributed by atoms with van der Waals surface area (Å²) in [6.07, 6.45) is 2.84. The molecule has 1 fully saturated rings. The van der Waals surface area contributed by atoms with Gasteiger partial charge < -0.3 is 14.7 Å². The van der Waals surface area contributed by atoms with Gasteiger partial charge in [0.15, 0.2) is 5.82 Å². The lowest BCUT2D eigenvalue weighted by atomic mass is 10.0. The zero-order valence-corrected chi connectivity index (χ0v) is 16.2. The molecule has 0 spiro atoms. The van der Waals surface area contributed by atoms with E-state index in [0.29, 0.717) is 18.3 Å². The van der Waals surface area contributed by atoms with Crippen LogP contribution in [0.3, 0.4) is 0 Å². The number of nitrogens with zero attached hydrogens (tertiary/aromatic N) is 3. The molecule has 2 aromatic carbocycles. The van der Waals surface area contributed by atoms with Gasteiger partial charge in [0.05, 0.1) is 0 Å². The van der Waals surface area contributed by atoms with Crippen LogP contribution in [-0.2, 0) is 0 Å². The number of piperidine rings is 1. The lowest BCUT2D eigenvalue weighted by Crippen LogP contribution is -2.41. The molecule has 1 aliphatic rings. The Kier molecular flexibility index (Phi) is 5.10. The SMILES string of the molecule is Cc1cccc(-c2cccc(NC(=O)N3CCCC[C@@H]3c3nc(C)no3)c2)c1. The van der Waals surface area contributed by atoms with Gasteiger partial charge in [-0.3, -0.25) is 0 Å². The number of amides is 2. The highest BCUT2D eigenvalue weighted by molar-refractivity contribution is 5.90. The minimum Gasteiger partial charge on any atom is -0.337 e. The smallest absolute Gasteiger partial charge is 0.322 e. The number of aromatic nitrogens is 2. The van der Waals surface area contributed by atoms with Crippen LogP contribution in [0.5, 0.6) is 0 Å². The van der Waals surface area contributed by atoms with Crippen molar-refractivity contribution in [1.82, 2.24) is 15.0 Å². The average molecular weight is 376 g/mol. The van der Waals surface area contributed by atoms with E-state index in [1.54, 1.807) is 11.8 Å². The minimum absolute atomic E-state index is 0.137. The van der Waals surface area contributed by atoms with Gasteiger partial charge in [-0.15, -0.1) is 0 Å². The number of benzene rings is 2. The molecule has 0 bridgehead atoms. The molecule has 1 saturated heterocycles. The van der Waals surface area contributed by atoms with Gasteiger partial charge in [0.1, 0.15) is 6.04 Å². The van der Waals surface area contributed by atoms with E-state index in [4.69, 9.17) is 4.52 Å². The van der Waals surface area contributed by atoms with Gasteiger partial charge in [-0.2, -0.15) is 4.98 Å². The molecule has 6 nitrogen and oxygen atoms in total. The lowest BCUT2D eigenvalue weighted by molar-refractivity contribution is 0.142. The normalized spacial score (nSPS) is 16.8. The van der Waals surface area contributed by atoms with Crippen molar-refractivity contribution in [3.63, 3.8) is 0 Å². The van der Waals surface area contributed by atoms with Crippen molar-refractivity contribution in [2.45, 2.75) is 39.2 Å². The van der Waals surface area contributed by atoms with Crippen LogP contribution in [0.2, 0.25) is 0 Å². The van der Waals surface area contributed by atoms with Crippen LogP contribution in [-0.4, -0.2) is 27.6 Å². The first-order chi connectivity index (χ1) is 13.6. The van der Waals surface area contributed by atoms with Crippen molar-refractivity contribution in [3.8, 4) is 11.1 Å². The monoisotopic (exact) mass is 376 g/mol. The second kappa shape index (κ2) is 7.84. The van der Waals surface area contributed by atoms with Crippen molar-refractivity contribution in [1.29, 1.82) is 0 Å². The van der Waals surface area contributed by atoms with Crippen molar-refractivity contribution >= 4 is 11.7 Å². The summed E-state index contributed by atoms with van der Waals surface area (Å²) >= 11 is 0. The number of likely N-dealkylation sites (tertiary alicyclic amines) is 1. The van der Waals surface area contributed by atoms with E-state index in [9.17, 15) is 4.79 Å². The second-order valence-electron chi connectivity index (χ2n) is 7.27. The molecule has 1 aliphatic heterocycles. The quantitative estimate of drug-likeness (QED) is 0.689. The average Bonchev–Trinajstić information content (AvgIpc) is 3.14. The molecular weight excluding hydrogens is 352 g/mol. The molecule has 2 amide bonds. The first-order valence-corrected chi connectivity index (χ1v) is 9.65. The van der Waals surface area contributed by atoms with Gasteiger partial charge >= 0.3 is 6.03 Å². The lowest BCUT2D eigenvalue weighted by Gasteiger charge is -2.33. The summed E-state index contributed by atoms with van der Waals surface area (Å²) in [5.74, 6) is 1.10. The molecule has 144 valence electrons. The molecule has 2 heterocycles. The number of urea groups is 1. The molecule has 0 aliphatic carbocycles. The predicted molar refractivity (Wildman–Crippen MR) is 108 cm³/mol. The summed E-state index contributed by atoms with van der Waals surface area (Å²) in [5, 5.41) is 6.92. The standard InChI is InChI=1S/C22H24N4O2/c1-15-7-5-8-17(13-15)18-9-6-10-19(14-18)24-22(27)26-12-4-3-11-20(26)21-23-16(2)25-28-21/h5-10,13-14,20H,3-4,11-12H2,1-2H3,(H,24,27)/t20-/m1/s1. The molecule has 0 saturated carbocycles. The van der Waals surface area contributed by atoms with E-state index < -0.39 is 0 Å². The molecule has 4 rings (SSSR count). The highest BCUT2D eigenvalue weighted by Gasteiger charge is 2.32. The summed E-state index contributed by atoms with van der Waals surface area (Å²) < 4.78 is 5.34. The first-order valence-electron chi connectivity index (χ1n) is 9.65. The number of nitrogens with one attached hydrogen (secondary N) is 1. The third kappa shape index (κ3) is 3.91. The van der Waals surface area contributed by atoms with Crippen LogP contribution in [0.4, 0.5) is 10.5 Å². The van der Waals surface area contributed by atoms with Crippen molar-refractivity contribution < 1.29 is 9.32 Å². The van der Waals surface area contributed by atoms with E-state index in [-0.39, 0.29) is 12.1 Å². The van der Waals surface area contributed by atoms with Gasteiger partial charge in [-0.25, -0.2) is 4.79 Å². The van der Waals surface area contributed by atoms with Gasteiger partial charge in [-0.05, 0) is 56.4 Å². The number of anilines is 1. The highest BCUT2D eigenvalue weighted by Crippen LogP contribution is 2.31. The van der Waals surface area contributed by atoms with E-state index in [0.717, 1.165) is 36.1 Å². The summed E-state index contributed by atoms with van der Waals surface area (Å²) in [6, 6.07) is 15.9. The Morgan fingerprint density at radius 3 is 2.64 bits per heavy atom. The zero-order chi connectivity index (χ0) is 19.5. The van der Waals surface area contributed by atoms with Crippen molar-refractivity contribution in [2.24, 2.45) is 0 Å². The second-order valence-corrected chi connectivity index (χ2v) is 7.27. The van der Waals surface area contributed by atoms with Gasteiger partial charge in [-0.1, -0.05) is 47.1 Å². The molecular formula is C22H24N4O2. The summed E-state index contributed by atoms with van der Waals surface area (Å²) in [6.45, 7) is 4.54. The number of hydrogen-bond acceptors (Lipinski definition) is 4. The van der Waals surface area contributed by atoms with Gasteiger partial charge in [0.2, 0.25) is 5.89 Å². The van der Waals surface area contributed by atoms with Crippen LogP contribution < -0.4 is 5.32 Å². The van der Waals surface area contributed by atoms with E-state index in [2.05, 4.69) is 46.6 Å². The van der Waals surface area contributed by atoms with Crippen molar-refractivity contribution in [3.05, 3.63) is 65.8 Å². The minimum atomic E-state index is -0.171. The van der Waals surface area contributed by atoms with Crippen molar-refractivity contribution in [2.75, 3.05) is 11.9 Å². The van der Waals surface area contributed by atoms with Crippen LogP contribution in [0.1, 0.15) is 42.6 Å². The molecule has 0 radical (unpaired) electrons. The number of carbonyl (C=O) groups is 1. The van der Waals surface area contributed by atoms with Gasteiger partial charge in [0, 0.05) is 12.2 Å². The Morgan fingerprint density at radius 2 is 1.89 bits per heavy atom. The van der Waals surface area contributed by atoms with Gasteiger partial charge in [0.25, 0.3) is 0 Å². The Morgan fingerprint density at radius 1 is 1.11 bits per heavy atom.